The fraction of sp³-hybridized carbons (Fsp3) is 0.625. The molecule has 1 aromatic carbocycles. The summed E-state index contributed by atoms with van der Waals surface area (Å²) in [6.07, 6.45) is 3.70. The predicted octanol–water partition coefficient (Wildman–Crippen LogP) is 3.45. The number of rotatable bonds is 3. The maximum absolute atomic E-state index is 6.03. The molecule has 1 aromatic rings. The number of anilines is 1. The zero-order valence-electron chi connectivity index (χ0n) is 12.0. The van der Waals surface area contributed by atoms with Gasteiger partial charge in [0.05, 0.1) is 0 Å². The fourth-order valence-corrected chi connectivity index (χ4v) is 2.72. The van der Waals surface area contributed by atoms with Gasteiger partial charge in [0.25, 0.3) is 0 Å². The second-order valence-electron chi connectivity index (χ2n) is 6.68. The SMILES string of the molecule is CC(C)(C)CCCN1CCc2c(N)cccc2C1. The van der Waals surface area contributed by atoms with E-state index in [1.807, 2.05) is 6.07 Å². The quantitative estimate of drug-likeness (QED) is 0.828. The van der Waals surface area contributed by atoms with Crippen LogP contribution >= 0.6 is 0 Å². The lowest BCUT2D eigenvalue weighted by atomic mass is 9.90. The van der Waals surface area contributed by atoms with Crippen LogP contribution in [0.3, 0.4) is 0 Å². The van der Waals surface area contributed by atoms with Gasteiger partial charge in [0.1, 0.15) is 0 Å². The van der Waals surface area contributed by atoms with Gasteiger partial charge in [0.15, 0.2) is 0 Å². The highest BCUT2D eigenvalue weighted by molar-refractivity contribution is 5.51. The first kappa shape index (κ1) is 13.4. The molecule has 0 atom stereocenters. The van der Waals surface area contributed by atoms with Gasteiger partial charge in [-0.3, -0.25) is 4.90 Å². The van der Waals surface area contributed by atoms with Crippen LogP contribution in [0.4, 0.5) is 5.69 Å². The van der Waals surface area contributed by atoms with Crippen LogP contribution < -0.4 is 5.73 Å². The van der Waals surface area contributed by atoms with Gasteiger partial charge in [-0.25, -0.2) is 0 Å². The average Bonchev–Trinajstić information content (AvgIpc) is 2.27. The second-order valence-corrected chi connectivity index (χ2v) is 6.68. The van der Waals surface area contributed by atoms with Crippen molar-refractivity contribution in [3.8, 4) is 0 Å². The minimum Gasteiger partial charge on any atom is -0.398 e. The van der Waals surface area contributed by atoms with Gasteiger partial charge >= 0.3 is 0 Å². The number of hydrogen-bond donors (Lipinski definition) is 1. The van der Waals surface area contributed by atoms with Crippen molar-refractivity contribution in [1.82, 2.24) is 4.90 Å². The molecule has 1 aliphatic heterocycles. The Kier molecular flexibility index (Phi) is 3.96. The topological polar surface area (TPSA) is 29.3 Å². The van der Waals surface area contributed by atoms with Crippen LogP contribution in [0, 0.1) is 5.41 Å². The fourth-order valence-electron chi connectivity index (χ4n) is 2.72. The van der Waals surface area contributed by atoms with E-state index in [2.05, 4.69) is 37.8 Å². The molecule has 0 aromatic heterocycles. The normalized spacial score (nSPS) is 16.6. The third-order valence-electron chi connectivity index (χ3n) is 3.78. The third-order valence-corrected chi connectivity index (χ3v) is 3.78. The van der Waals surface area contributed by atoms with Crippen LogP contribution in [-0.4, -0.2) is 18.0 Å². The smallest absolute Gasteiger partial charge is 0.0350 e. The minimum atomic E-state index is 0.456. The molecule has 0 spiro atoms. The molecule has 2 N–H and O–H groups in total. The summed E-state index contributed by atoms with van der Waals surface area (Å²) in [6.45, 7) is 10.4. The van der Waals surface area contributed by atoms with Gasteiger partial charge in [-0.1, -0.05) is 32.9 Å². The Bertz CT molecular complexity index is 404. The first-order chi connectivity index (χ1) is 8.46. The maximum Gasteiger partial charge on any atom is 0.0350 e. The van der Waals surface area contributed by atoms with Crippen molar-refractivity contribution in [2.45, 2.75) is 46.6 Å². The van der Waals surface area contributed by atoms with Gasteiger partial charge in [-0.05, 0) is 48.4 Å². The Hall–Kier alpha value is -1.02. The molecule has 2 rings (SSSR count). The first-order valence-corrected chi connectivity index (χ1v) is 7.04. The Morgan fingerprint density at radius 1 is 1.28 bits per heavy atom. The van der Waals surface area contributed by atoms with Gasteiger partial charge in [0.2, 0.25) is 0 Å². The van der Waals surface area contributed by atoms with E-state index in [4.69, 9.17) is 5.73 Å². The van der Waals surface area contributed by atoms with Gasteiger partial charge < -0.3 is 5.73 Å². The lowest BCUT2D eigenvalue weighted by molar-refractivity contribution is 0.232. The largest absolute Gasteiger partial charge is 0.398 e. The highest BCUT2D eigenvalue weighted by atomic mass is 15.1. The molecular weight excluding hydrogens is 220 g/mol. The molecule has 0 radical (unpaired) electrons. The summed E-state index contributed by atoms with van der Waals surface area (Å²) in [7, 11) is 0. The number of nitrogens with two attached hydrogens (primary N) is 1. The lowest BCUT2D eigenvalue weighted by Gasteiger charge is -2.30. The molecule has 1 heterocycles. The Morgan fingerprint density at radius 3 is 2.78 bits per heavy atom. The molecule has 0 aliphatic carbocycles. The average molecular weight is 246 g/mol. The molecule has 18 heavy (non-hydrogen) atoms. The summed E-state index contributed by atoms with van der Waals surface area (Å²) in [5.74, 6) is 0. The highest BCUT2D eigenvalue weighted by Gasteiger charge is 2.18. The molecule has 0 unspecified atom stereocenters. The third kappa shape index (κ3) is 3.49. The van der Waals surface area contributed by atoms with Gasteiger partial charge in [0, 0.05) is 18.8 Å². The Morgan fingerprint density at radius 2 is 2.06 bits per heavy atom. The van der Waals surface area contributed by atoms with Crippen molar-refractivity contribution in [2.75, 3.05) is 18.8 Å². The van der Waals surface area contributed by atoms with Crippen LogP contribution in [0.1, 0.15) is 44.7 Å². The van der Waals surface area contributed by atoms with E-state index in [0.717, 1.165) is 25.2 Å². The summed E-state index contributed by atoms with van der Waals surface area (Å²) in [5, 5.41) is 0. The molecule has 0 saturated carbocycles. The summed E-state index contributed by atoms with van der Waals surface area (Å²) in [5.41, 5.74) is 10.3. The molecule has 2 heteroatoms. The van der Waals surface area contributed by atoms with Crippen LogP contribution in [0.2, 0.25) is 0 Å². The zero-order valence-corrected chi connectivity index (χ0v) is 12.0. The van der Waals surface area contributed by atoms with Gasteiger partial charge in [-0.2, -0.15) is 0 Å². The highest BCUT2D eigenvalue weighted by Crippen LogP contribution is 2.25. The number of hydrogen-bond acceptors (Lipinski definition) is 2. The summed E-state index contributed by atoms with van der Waals surface area (Å²) in [6, 6.07) is 6.32. The van der Waals surface area contributed by atoms with E-state index in [1.54, 1.807) is 0 Å². The van der Waals surface area contributed by atoms with Crippen LogP contribution in [0.5, 0.6) is 0 Å². The Balaban J connectivity index is 1.89. The maximum atomic E-state index is 6.03. The van der Waals surface area contributed by atoms with E-state index in [9.17, 15) is 0 Å². The van der Waals surface area contributed by atoms with E-state index < -0.39 is 0 Å². The molecular formula is C16H26N2. The van der Waals surface area contributed by atoms with Crippen LogP contribution in [0.25, 0.3) is 0 Å². The molecule has 0 saturated heterocycles. The number of nitrogens with zero attached hydrogens (tertiary/aromatic N) is 1. The molecule has 100 valence electrons. The molecule has 2 nitrogen and oxygen atoms in total. The van der Waals surface area contributed by atoms with E-state index in [1.165, 1.54) is 30.5 Å². The molecule has 1 aliphatic rings. The lowest BCUT2D eigenvalue weighted by Crippen LogP contribution is -2.32. The minimum absolute atomic E-state index is 0.456. The van der Waals surface area contributed by atoms with Crippen molar-refractivity contribution in [1.29, 1.82) is 0 Å². The number of nitrogen functional groups attached to an aromatic ring is 1. The van der Waals surface area contributed by atoms with Crippen LogP contribution in [-0.2, 0) is 13.0 Å². The molecule has 0 fully saturated rings. The standard InChI is InChI=1S/C16H26N2/c1-16(2,3)9-5-10-18-11-8-14-13(12-18)6-4-7-15(14)17/h4,6-7H,5,8-12,17H2,1-3H3. The van der Waals surface area contributed by atoms with Crippen molar-refractivity contribution in [3.05, 3.63) is 29.3 Å². The Labute approximate surface area is 111 Å². The zero-order chi connectivity index (χ0) is 13.2. The van der Waals surface area contributed by atoms with Crippen LogP contribution in [0.15, 0.2) is 18.2 Å². The summed E-state index contributed by atoms with van der Waals surface area (Å²) >= 11 is 0. The van der Waals surface area contributed by atoms with E-state index in [-0.39, 0.29) is 0 Å². The summed E-state index contributed by atoms with van der Waals surface area (Å²) < 4.78 is 0. The van der Waals surface area contributed by atoms with Crippen molar-refractivity contribution in [2.24, 2.45) is 5.41 Å². The first-order valence-electron chi connectivity index (χ1n) is 7.04. The van der Waals surface area contributed by atoms with E-state index >= 15 is 0 Å². The number of benzene rings is 1. The van der Waals surface area contributed by atoms with Gasteiger partial charge in [-0.15, -0.1) is 0 Å². The van der Waals surface area contributed by atoms with Crippen molar-refractivity contribution >= 4 is 5.69 Å². The number of fused-ring (bicyclic) bond motifs is 1. The van der Waals surface area contributed by atoms with Crippen molar-refractivity contribution < 1.29 is 0 Å². The van der Waals surface area contributed by atoms with E-state index in [0.29, 0.717) is 5.41 Å². The second kappa shape index (κ2) is 5.31. The monoisotopic (exact) mass is 246 g/mol. The van der Waals surface area contributed by atoms with Crippen molar-refractivity contribution in [3.63, 3.8) is 0 Å². The summed E-state index contributed by atoms with van der Waals surface area (Å²) in [4.78, 5) is 2.56. The molecule has 0 bridgehead atoms. The predicted molar refractivity (Wildman–Crippen MR) is 78.5 cm³/mol. The molecule has 0 amide bonds.